The Labute approximate surface area is 93.5 Å². The smallest absolute Gasteiger partial charge is 0.122 e. The van der Waals surface area contributed by atoms with E-state index in [1.54, 1.807) is 7.11 Å². The van der Waals surface area contributed by atoms with Crippen molar-refractivity contribution in [3.63, 3.8) is 0 Å². The van der Waals surface area contributed by atoms with Gasteiger partial charge in [-0.1, -0.05) is 26.3 Å². The van der Waals surface area contributed by atoms with Crippen LogP contribution in [0, 0.1) is 13.8 Å². The van der Waals surface area contributed by atoms with Gasteiger partial charge in [0, 0.05) is 0 Å². The molecule has 1 rings (SSSR count). The summed E-state index contributed by atoms with van der Waals surface area (Å²) in [6.07, 6.45) is 2.50. The molecule has 84 valence electrons. The first kappa shape index (κ1) is 12.1. The molecule has 0 heterocycles. The van der Waals surface area contributed by atoms with E-state index >= 15 is 0 Å². The molecule has 1 nitrogen and oxygen atoms in total. The minimum Gasteiger partial charge on any atom is -0.496 e. The SMILES string of the molecule is CCCC(C)c1cc(C)c(OC)cc1C. The molecule has 0 bridgehead atoms. The van der Waals surface area contributed by atoms with Crippen molar-refractivity contribution in [3.05, 3.63) is 28.8 Å². The molecule has 0 aliphatic heterocycles. The van der Waals surface area contributed by atoms with Crippen LogP contribution in [0.25, 0.3) is 0 Å². The van der Waals surface area contributed by atoms with Crippen LogP contribution in [0.4, 0.5) is 0 Å². The van der Waals surface area contributed by atoms with E-state index in [2.05, 4.69) is 39.8 Å². The second kappa shape index (κ2) is 5.20. The van der Waals surface area contributed by atoms with Crippen molar-refractivity contribution >= 4 is 0 Å². The van der Waals surface area contributed by atoms with Crippen LogP contribution in [0.2, 0.25) is 0 Å². The molecule has 0 radical (unpaired) electrons. The highest BCUT2D eigenvalue weighted by Gasteiger charge is 2.10. The van der Waals surface area contributed by atoms with Gasteiger partial charge in [0.15, 0.2) is 0 Å². The lowest BCUT2D eigenvalue weighted by Gasteiger charge is -2.16. The van der Waals surface area contributed by atoms with Crippen LogP contribution in [0.5, 0.6) is 5.75 Å². The third-order valence-electron chi connectivity index (χ3n) is 3.04. The van der Waals surface area contributed by atoms with Gasteiger partial charge in [-0.05, 0) is 48.9 Å². The third kappa shape index (κ3) is 2.74. The van der Waals surface area contributed by atoms with Crippen LogP contribution < -0.4 is 4.74 Å². The van der Waals surface area contributed by atoms with E-state index < -0.39 is 0 Å². The number of hydrogen-bond donors (Lipinski definition) is 0. The van der Waals surface area contributed by atoms with Gasteiger partial charge in [0.25, 0.3) is 0 Å². The van der Waals surface area contributed by atoms with Gasteiger partial charge in [0.05, 0.1) is 7.11 Å². The highest BCUT2D eigenvalue weighted by molar-refractivity contribution is 5.42. The fourth-order valence-corrected chi connectivity index (χ4v) is 2.15. The van der Waals surface area contributed by atoms with Crippen LogP contribution in [0.15, 0.2) is 12.1 Å². The van der Waals surface area contributed by atoms with E-state index in [4.69, 9.17) is 4.74 Å². The van der Waals surface area contributed by atoms with Crippen molar-refractivity contribution in [2.75, 3.05) is 7.11 Å². The summed E-state index contributed by atoms with van der Waals surface area (Å²) < 4.78 is 5.32. The summed E-state index contributed by atoms with van der Waals surface area (Å²) >= 11 is 0. The Bertz CT molecular complexity index is 328. The number of methoxy groups -OCH3 is 1. The van der Waals surface area contributed by atoms with E-state index in [1.165, 1.54) is 29.5 Å². The Morgan fingerprint density at radius 2 is 1.87 bits per heavy atom. The summed E-state index contributed by atoms with van der Waals surface area (Å²) in [6, 6.07) is 4.42. The van der Waals surface area contributed by atoms with Crippen LogP contribution in [0.1, 0.15) is 49.3 Å². The average Bonchev–Trinajstić information content (AvgIpc) is 2.21. The highest BCUT2D eigenvalue weighted by atomic mass is 16.5. The van der Waals surface area contributed by atoms with Crippen molar-refractivity contribution in [2.45, 2.75) is 46.5 Å². The number of aryl methyl sites for hydroxylation is 2. The Hall–Kier alpha value is -0.980. The summed E-state index contributed by atoms with van der Waals surface area (Å²) in [4.78, 5) is 0. The van der Waals surface area contributed by atoms with Crippen molar-refractivity contribution in [1.82, 2.24) is 0 Å². The van der Waals surface area contributed by atoms with Crippen LogP contribution in [-0.2, 0) is 0 Å². The monoisotopic (exact) mass is 206 g/mol. The van der Waals surface area contributed by atoms with Gasteiger partial charge in [0.1, 0.15) is 5.75 Å². The highest BCUT2D eigenvalue weighted by Crippen LogP contribution is 2.29. The lowest BCUT2D eigenvalue weighted by molar-refractivity contribution is 0.411. The topological polar surface area (TPSA) is 9.23 Å². The summed E-state index contributed by atoms with van der Waals surface area (Å²) in [5, 5.41) is 0. The molecule has 1 unspecified atom stereocenters. The second-order valence-corrected chi connectivity index (χ2v) is 4.37. The zero-order valence-corrected chi connectivity index (χ0v) is 10.6. The Balaban J connectivity index is 3.04. The van der Waals surface area contributed by atoms with E-state index in [0.717, 1.165) is 5.75 Å². The van der Waals surface area contributed by atoms with Crippen LogP contribution in [-0.4, -0.2) is 7.11 Å². The molecule has 0 amide bonds. The van der Waals surface area contributed by atoms with Gasteiger partial charge in [-0.25, -0.2) is 0 Å². The number of benzene rings is 1. The summed E-state index contributed by atoms with van der Waals surface area (Å²) in [5.41, 5.74) is 4.05. The molecule has 1 aromatic carbocycles. The Kier molecular flexibility index (Phi) is 4.19. The molecule has 1 atom stereocenters. The molecular formula is C14H22O. The van der Waals surface area contributed by atoms with Gasteiger partial charge < -0.3 is 4.74 Å². The normalized spacial score (nSPS) is 12.6. The van der Waals surface area contributed by atoms with Gasteiger partial charge in [-0.2, -0.15) is 0 Å². The van der Waals surface area contributed by atoms with Crippen molar-refractivity contribution < 1.29 is 4.74 Å². The number of ether oxygens (including phenoxy) is 1. The van der Waals surface area contributed by atoms with Gasteiger partial charge in [0.2, 0.25) is 0 Å². The minimum atomic E-state index is 0.652. The first-order chi connectivity index (χ1) is 7.10. The van der Waals surface area contributed by atoms with Gasteiger partial charge >= 0.3 is 0 Å². The summed E-state index contributed by atoms with van der Waals surface area (Å²) in [7, 11) is 1.73. The van der Waals surface area contributed by atoms with Crippen molar-refractivity contribution in [1.29, 1.82) is 0 Å². The Morgan fingerprint density at radius 3 is 2.40 bits per heavy atom. The molecule has 1 aromatic rings. The van der Waals surface area contributed by atoms with Gasteiger partial charge in [-0.3, -0.25) is 0 Å². The molecule has 0 saturated heterocycles. The number of rotatable bonds is 4. The largest absolute Gasteiger partial charge is 0.496 e. The quantitative estimate of drug-likeness (QED) is 0.717. The second-order valence-electron chi connectivity index (χ2n) is 4.37. The van der Waals surface area contributed by atoms with Crippen molar-refractivity contribution in [2.24, 2.45) is 0 Å². The predicted molar refractivity (Wildman–Crippen MR) is 65.8 cm³/mol. The van der Waals surface area contributed by atoms with E-state index in [1.807, 2.05) is 0 Å². The van der Waals surface area contributed by atoms with Crippen LogP contribution >= 0.6 is 0 Å². The summed E-state index contributed by atoms with van der Waals surface area (Å²) in [5.74, 6) is 1.65. The fourth-order valence-electron chi connectivity index (χ4n) is 2.15. The van der Waals surface area contributed by atoms with E-state index in [-0.39, 0.29) is 0 Å². The summed E-state index contributed by atoms with van der Waals surface area (Å²) in [6.45, 7) is 8.82. The third-order valence-corrected chi connectivity index (χ3v) is 3.04. The molecule has 0 saturated carbocycles. The van der Waals surface area contributed by atoms with E-state index in [9.17, 15) is 0 Å². The van der Waals surface area contributed by atoms with E-state index in [0.29, 0.717) is 5.92 Å². The molecule has 0 aromatic heterocycles. The first-order valence-corrected chi connectivity index (χ1v) is 5.75. The average molecular weight is 206 g/mol. The Morgan fingerprint density at radius 1 is 1.20 bits per heavy atom. The van der Waals surface area contributed by atoms with Crippen LogP contribution in [0.3, 0.4) is 0 Å². The standard InChI is InChI=1S/C14H22O/c1-6-7-10(2)13-8-12(4)14(15-5)9-11(13)3/h8-10H,6-7H2,1-5H3. The maximum atomic E-state index is 5.32. The lowest BCUT2D eigenvalue weighted by atomic mass is 9.91. The zero-order valence-electron chi connectivity index (χ0n) is 10.6. The number of hydrogen-bond acceptors (Lipinski definition) is 1. The maximum absolute atomic E-state index is 5.32. The maximum Gasteiger partial charge on any atom is 0.122 e. The molecule has 0 aliphatic rings. The molecule has 0 aliphatic carbocycles. The molecule has 0 N–H and O–H groups in total. The predicted octanol–water partition coefficient (Wildman–Crippen LogP) is 4.22. The van der Waals surface area contributed by atoms with Gasteiger partial charge in [-0.15, -0.1) is 0 Å². The lowest BCUT2D eigenvalue weighted by Crippen LogP contribution is -1.99. The molecular weight excluding hydrogens is 184 g/mol. The zero-order chi connectivity index (χ0) is 11.4. The molecule has 1 heteroatoms. The van der Waals surface area contributed by atoms with Crippen molar-refractivity contribution in [3.8, 4) is 5.75 Å². The first-order valence-electron chi connectivity index (χ1n) is 5.75. The fraction of sp³-hybridized carbons (Fsp3) is 0.571. The molecule has 0 fully saturated rings. The minimum absolute atomic E-state index is 0.652. The molecule has 15 heavy (non-hydrogen) atoms. The molecule has 0 spiro atoms.